The van der Waals surface area contributed by atoms with Crippen molar-refractivity contribution in [3.05, 3.63) is 42.5 Å². The monoisotopic (exact) mass is 219 g/mol. The molecule has 86 valence electrons. The van der Waals surface area contributed by atoms with E-state index in [2.05, 4.69) is 11.9 Å². The quantitative estimate of drug-likeness (QED) is 0.763. The summed E-state index contributed by atoms with van der Waals surface area (Å²) in [5, 5.41) is 12.4. The Morgan fingerprint density at radius 3 is 2.44 bits per heavy atom. The lowest BCUT2D eigenvalue weighted by Gasteiger charge is -2.18. The number of carbonyl (C=O) groups is 1. The van der Waals surface area contributed by atoms with Gasteiger partial charge in [0, 0.05) is 11.6 Å². The van der Waals surface area contributed by atoms with Gasteiger partial charge in [-0.05, 0) is 19.1 Å². The van der Waals surface area contributed by atoms with Gasteiger partial charge in [-0.15, -0.1) is 0 Å². The predicted octanol–water partition coefficient (Wildman–Crippen LogP) is 2.20. The summed E-state index contributed by atoms with van der Waals surface area (Å²) < 4.78 is 0. The third-order valence-electron chi connectivity index (χ3n) is 2.56. The molecule has 1 aromatic carbocycles. The molecule has 0 saturated heterocycles. The van der Waals surface area contributed by atoms with Crippen LogP contribution in [0.15, 0.2) is 42.5 Å². The molecule has 0 heterocycles. The molecule has 3 nitrogen and oxygen atoms in total. The van der Waals surface area contributed by atoms with Crippen molar-refractivity contribution in [3.8, 4) is 0 Å². The highest BCUT2D eigenvalue weighted by atomic mass is 16.3. The minimum Gasteiger partial charge on any atom is -0.383 e. The van der Waals surface area contributed by atoms with Crippen molar-refractivity contribution < 1.29 is 9.90 Å². The molecule has 0 radical (unpaired) electrons. The Hall–Kier alpha value is -1.61. The molecule has 0 spiro atoms. The number of hydrogen-bond donors (Lipinski definition) is 2. The van der Waals surface area contributed by atoms with Crippen LogP contribution in [0.1, 0.15) is 13.8 Å². The van der Waals surface area contributed by atoms with Crippen molar-refractivity contribution in [2.24, 2.45) is 5.92 Å². The molecule has 0 aromatic heterocycles. The molecule has 0 aliphatic carbocycles. The third kappa shape index (κ3) is 3.21. The van der Waals surface area contributed by atoms with Crippen molar-refractivity contribution in [1.29, 1.82) is 0 Å². The fraction of sp³-hybridized carbons (Fsp3) is 0.308. The van der Waals surface area contributed by atoms with Crippen LogP contribution in [0, 0.1) is 5.92 Å². The summed E-state index contributed by atoms with van der Waals surface area (Å²) in [7, 11) is 0. The van der Waals surface area contributed by atoms with Crippen LogP contribution in [0.2, 0.25) is 0 Å². The first-order valence-corrected chi connectivity index (χ1v) is 5.21. The van der Waals surface area contributed by atoms with Gasteiger partial charge in [0.1, 0.15) is 6.10 Å². The zero-order chi connectivity index (χ0) is 12.1. The molecule has 2 atom stereocenters. The van der Waals surface area contributed by atoms with E-state index in [1.807, 2.05) is 18.2 Å². The van der Waals surface area contributed by atoms with Crippen molar-refractivity contribution in [1.82, 2.24) is 0 Å². The van der Waals surface area contributed by atoms with E-state index in [-0.39, 0.29) is 5.92 Å². The Bertz CT molecular complexity index is 373. The van der Waals surface area contributed by atoms with Gasteiger partial charge in [0.15, 0.2) is 0 Å². The SMILES string of the molecule is C=C(C)[C@H](C)[C@@H](O)C(=O)Nc1ccccc1. The zero-order valence-electron chi connectivity index (χ0n) is 9.60. The second-order valence-electron chi connectivity index (χ2n) is 3.94. The lowest BCUT2D eigenvalue weighted by atomic mass is 9.97. The fourth-order valence-electron chi connectivity index (χ4n) is 1.23. The summed E-state index contributed by atoms with van der Waals surface area (Å²) in [5.41, 5.74) is 1.47. The number of para-hydroxylation sites is 1. The van der Waals surface area contributed by atoms with Crippen molar-refractivity contribution in [3.63, 3.8) is 0 Å². The zero-order valence-corrected chi connectivity index (χ0v) is 9.60. The van der Waals surface area contributed by atoms with Crippen LogP contribution in [0.5, 0.6) is 0 Å². The molecule has 0 aliphatic rings. The predicted molar refractivity (Wildman–Crippen MR) is 65.1 cm³/mol. The minimum absolute atomic E-state index is 0.247. The van der Waals surface area contributed by atoms with Crippen molar-refractivity contribution >= 4 is 11.6 Å². The Morgan fingerprint density at radius 1 is 1.38 bits per heavy atom. The number of amides is 1. The molecule has 0 bridgehead atoms. The first kappa shape index (κ1) is 12.5. The largest absolute Gasteiger partial charge is 0.383 e. The van der Waals surface area contributed by atoms with Gasteiger partial charge in [0.2, 0.25) is 0 Å². The highest BCUT2D eigenvalue weighted by Gasteiger charge is 2.22. The average Bonchev–Trinajstić information content (AvgIpc) is 2.28. The maximum absolute atomic E-state index is 11.7. The molecule has 0 saturated carbocycles. The van der Waals surface area contributed by atoms with Gasteiger partial charge in [-0.2, -0.15) is 0 Å². The van der Waals surface area contributed by atoms with E-state index in [1.54, 1.807) is 26.0 Å². The number of hydrogen-bond acceptors (Lipinski definition) is 2. The first-order valence-electron chi connectivity index (χ1n) is 5.21. The van der Waals surface area contributed by atoms with Crippen LogP contribution >= 0.6 is 0 Å². The topological polar surface area (TPSA) is 49.3 Å². The van der Waals surface area contributed by atoms with E-state index in [0.29, 0.717) is 5.69 Å². The molecular weight excluding hydrogens is 202 g/mol. The smallest absolute Gasteiger partial charge is 0.253 e. The number of aliphatic hydroxyl groups is 1. The second-order valence-corrected chi connectivity index (χ2v) is 3.94. The summed E-state index contributed by atoms with van der Waals surface area (Å²) in [6.07, 6.45) is -1.06. The first-order chi connectivity index (χ1) is 7.52. The Labute approximate surface area is 95.8 Å². The number of carbonyl (C=O) groups excluding carboxylic acids is 1. The molecule has 16 heavy (non-hydrogen) atoms. The fourth-order valence-corrected chi connectivity index (χ4v) is 1.23. The van der Waals surface area contributed by atoms with E-state index in [4.69, 9.17) is 0 Å². The molecule has 0 aliphatic heterocycles. The van der Waals surface area contributed by atoms with Gasteiger partial charge >= 0.3 is 0 Å². The number of benzene rings is 1. The van der Waals surface area contributed by atoms with Crippen LogP contribution in [0.3, 0.4) is 0 Å². The summed E-state index contributed by atoms with van der Waals surface area (Å²) in [6.45, 7) is 7.30. The maximum atomic E-state index is 11.7. The van der Waals surface area contributed by atoms with Crippen LogP contribution in [0.25, 0.3) is 0 Å². The summed E-state index contributed by atoms with van der Waals surface area (Å²) >= 11 is 0. The van der Waals surface area contributed by atoms with Gasteiger partial charge in [-0.25, -0.2) is 0 Å². The van der Waals surface area contributed by atoms with Crippen LogP contribution < -0.4 is 5.32 Å². The summed E-state index contributed by atoms with van der Waals surface area (Å²) in [5.74, 6) is -0.648. The normalized spacial score (nSPS) is 13.9. The van der Waals surface area contributed by atoms with Gasteiger partial charge in [-0.3, -0.25) is 4.79 Å². The van der Waals surface area contributed by atoms with E-state index >= 15 is 0 Å². The standard InChI is InChI=1S/C13H17NO2/c1-9(2)10(3)12(15)13(16)14-11-7-5-4-6-8-11/h4-8,10,12,15H,1H2,2-3H3,(H,14,16)/t10-,12+/m0/s1. The average molecular weight is 219 g/mol. The number of nitrogens with one attached hydrogen (secondary N) is 1. The molecule has 1 aromatic rings. The molecule has 1 amide bonds. The van der Waals surface area contributed by atoms with Crippen LogP contribution in [0.4, 0.5) is 5.69 Å². The van der Waals surface area contributed by atoms with Crippen LogP contribution in [-0.2, 0) is 4.79 Å². The third-order valence-corrected chi connectivity index (χ3v) is 2.56. The van der Waals surface area contributed by atoms with Crippen molar-refractivity contribution in [2.75, 3.05) is 5.32 Å². The number of aliphatic hydroxyl groups excluding tert-OH is 1. The van der Waals surface area contributed by atoms with E-state index in [1.165, 1.54) is 0 Å². The number of anilines is 1. The number of rotatable bonds is 4. The molecule has 3 heteroatoms. The van der Waals surface area contributed by atoms with E-state index < -0.39 is 12.0 Å². The second kappa shape index (κ2) is 5.47. The lowest BCUT2D eigenvalue weighted by Crippen LogP contribution is -2.33. The van der Waals surface area contributed by atoms with Gasteiger partial charge in [0.25, 0.3) is 5.91 Å². The highest BCUT2D eigenvalue weighted by Crippen LogP contribution is 2.14. The van der Waals surface area contributed by atoms with Crippen LogP contribution in [-0.4, -0.2) is 17.1 Å². The van der Waals surface area contributed by atoms with E-state index in [0.717, 1.165) is 5.57 Å². The van der Waals surface area contributed by atoms with Gasteiger partial charge in [0.05, 0.1) is 0 Å². The van der Waals surface area contributed by atoms with E-state index in [9.17, 15) is 9.90 Å². The molecule has 0 unspecified atom stereocenters. The summed E-state index contributed by atoms with van der Waals surface area (Å²) in [6, 6.07) is 9.06. The molecule has 1 rings (SSSR count). The Morgan fingerprint density at radius 2 is 1.94 bits per heavy atom. The maximum Gasteiger partial charge on any atom is 0.253 e. The Balaban J connectivity index is 2.63. The molecule has 2 N–H and O–H groups in total. The highest BCUT2D eigenvalue weighted by molar-refractivity contribution is 5.94. The minimum atomic E-state index is -1.06. The van der Waals surface area contributed by atoms with Crippen molar-refractivity contribution in [2.45, 2.75) is 20.0 Å². The van der Waals surface area contributed by atoms with Gasteiger partial charge < -0.3 is 10.4 Å². The molecule has 0 fully saturated rings. The molecular formula is C13H17NO2. The van der Waals surface area contributed by atoms with Gasteiger partial charge in [-0.1, -0.05) is 37.3 Å². The Kier molecular flexibility index (Phi) is 4.26. The lowest BCUT2D eigenvalue weighted by molar-refractivity contribution is -0.125. The summed E-state index contributed by atoms with van der Waals surface area (Å²) in [4.78, 5) is 11.7.